The molecule has 2 aliphatic rings. The van der Waals surface area contributed by atoms with Crippen molar-refractivity contribution in [3.63, 3.8) is 0 Å². The van der Waals surface area contributed by atoms with E-state index in [1.54, 1.807) is 0 Å². The first-order chi connectivity index (χ1) is 8.38. The number of hydrogen-bond donors (Lipinski definition) is 2. The van der Waals surface area contributed by atoms with Crippen LogP contribution in [0.1, 0.15) is 39.0 Å². The van der Waals surface area contributed by atoms with E-state index in [9.17, 15) is 0 Å². The molecule has 0 aromatic rings. The summed E-state index contributed by atoms with van der Waals surface area (Å²) in [6, 6.07) is 0.658. The molecule has 0 amide bonds. The zero-order valence-corrected chi connectivity index (χ0v) is 13.6. The van der Waals surface area contributed by atoms with Crippen molar-refractivity contribution in [3.05, 3.63) is 0 Å². The van der Waals surface area contributed by atoms with Crippen LogP contribution in [-0.2, 0) is 4.74 Å². The number of guanidine groups is 1. The van der Waals surface area contributed by atoms with E-state index in [0.717, 1.165) is 44.6 Å². The topological polar surface area (TPSA) is 45.7 Å². The molecule has 4 nitrogen and oxygen atoms in total. The molecule has 2 N–H and O–H groups in total. The van der Waals surface area contributed by atoms with Gasteiger partial charge in [-0.1, -0.05) is 6.92 Å². The molecule has 5 heteroatoms. The predicted octanol–water partition coefficient (Wildman–Crippen LogP) is 2.14. The van der Waals surface area contributed by atoms with E-state index >= 15 is 0 Å². The van der Waals surface area contributed by atoms with E-state index in [1.165, 1.54) is 25.7 Å². The molecule has 0 spiro atoms. The first-order valence-electron chi connectivity index (χ1n) is 7.01. The molecule has 0 unspecified atom stereocenters. The molecule has 106 valence electrons. The van der Waals surface area contributed by atoms with Crippen LogP contribution in [0.25, 0.3) is 0 Å². The lowest BCUT2D eigenvalue weighted by Crippen LogP contribution is -2.40. The van der Waals surface area contributed by atoms with Crippen LogP contribution in [0.2, 0.25) is 0 Å². The summed E-state index contributed by atoms with van der Waals surface area (Å²) in [5.74, 6) is 1.82. The lowest BCUT2D eigenvalue weighted by molar-refractivity contribution is 0.129. The monoisotopic (exact) mass is 367 g/mol. The lowest BCUT2D eigenvalue weighted by Gasteiger charge is -2.12. The third-order valence-corrected chi connectivity index (χ3v) is 3.00. The van der Waals surface area contributed by atoms with E-state index in [-0.39, 0.29) is 24.0 Å². The van der Waals surface area contributed by atoms with Crippen molar-refractivity contribution in [1.29, 1.82) is 0 Å². The molecule has 0 aromatic carbocycles. The number of ether oxygens (including phenoxy) is 1. The van der Waals surface area contributed by atoms with Gasteiger partial charge in [0.1, 0.15) is 0 Å². The average molecular weight is 367 g/mol. The van der Waals surface area contributed by atoms with Crippen LogP contribution in [-0.4, -0.2) is 38.3 Å². The number of nitrogens with zero attached hydrogens (tertiary/aromatic N) is 1. The van der Waals surface area contributed by atoms with Crippen molar-refractivity contribution in [2.75, 3.05) is 26.3 Å². The minimum atomic E-state index is 0. The van der Waals surface area contributed by atoms with Crippen LogP contribution in [0, 0.1) is 5.92 Å². The van der Waals surface area contributed by atoms with Crippen molar-refractivity contribution in [3.8, 4) is 0 Å². The minimum absolute atomic E-state index is 0. The third-order valence-electron chi connectivity index (χ3n) is 3.00. The molecule has 0 aliphatic heterocycles. The Bertz CT molecular complexity index is 253. The normalized spacial score (nSPS) is 19.3. The van der Waals surface area contributed by atoms with E-state index in [0.29, 0.717) is 6.04 Å². The van der Waals surface area contributed by atoms with Gasteiger partial charge in [0, 0.05) is 25.7 Å². The van der Waals surface area contributed by atoms with Crippen molar-refractivity contribution in [2.45, 2.75) is 45.1 Å². The smallest absolute Gasteiger partial charge is 0.191 e. The van der Waals surface area contributed by atoms with Gasteiger partial charge in [0.2, 0.25) is 0 Å². The maximum absolute atomic E-state index is 5.59. The van der Waals surface area contributed by atoms with Gasteiger partial charge in [0.25, 0.3) is 0 Å². The standard InChI is InChI=1S/C13H25N3O.HI/c1-2-7-14-13(16-12-5-6-12)15-8-9-17-10-11-3-4-11;/h11-12H,2-10H2,1H3,(H2,14,15,16);1H. The van der Waals surface area contributed by atoms with Gasteiger partial charge >= 0.3 is 0 Å². The number of rotatable bonds is 8. The van der Waals surface area contributed by atoms with E-state index < -0.39 is 0 Å². The van der Waals surface area contributed by atoms with Crippen molar-refractivity contribution in [1.82, 2.24) is 10.6 Å². The maximum Gasteiger partial charge on any atom is 0.191 e. The van der Waals surface area contributed by atoms with E-state index in [4.69, 9.17) is 4.74 Å². The summed E-state index contributed by atoms with van der Waals surface area (Å²) >= 11 is 0. The second kappa shape index (κ2) is 8.96. The zero-order chi connectivity index (χ0) is 11.9. The number of nitrogens with one attached hydrogen (secondary N) is 2. The van der Waals surface area contributed by atoms with Gasteiger partial charge in [-0.2, -0.15) is 0 Å². The molecule has 0 radical (unpaired) electrons. The average Bonchev–Trinajstić information content (AvgIpc) is 3.19. The SMILES string of the molecule is CCCN=C(NCCOCC1CC1)NC1CC1.I. The number of hydrogen-bond acceptors (Lipinski definition) is 2. The number of halogens is 1. The molecular weight excluding hydrogens is 341 g/mol. The molecule has 2 aliphatic carbocycles. The summed E-state index contributed by atoms with van der Waals surface area (Å²) in [5.41, 5.74) is 0. The van der Waals surface area contributed by atoms with Gasteiger partial charge in [-0.15, -0.1) is 24.0 Å². The van der Waals surface area contributed by atoms with Gasteiger partial charge < -0.3 is 15.4 Å². The highest BCUT2D eigenvalue weighted by Gasteiger charge is 2.22. The second-order valence-corrected chi connectivity index (χ2v) is 5.09. The van der Waals surface area contributed by atoms with Crippen LogP contribution >= 0.6 is 24.0 Å². The summed E-state index contributed by atoms with van der Waals surface area (Å²) < 4.78 is 5.59. The summed E-state index contributed by atoms with van der Waals surface area (Å²) in [4.78, 5) is 4.51. The largest absolute Gasteiger partial charge is 0.379 e. The molecule has 2 saturated carbocycles. The highest BCUT2D eigenvalue weighted by Crippen LogP contribution is 2.28. The van der Waals surface area contributed by atoms with Crippen LogP contribution in [0.3, 0.4) is 0 Å². The fourth-order valence-electron chi connectivity index (χ4n) is 1.57. The Balaban J connectivity index is 0.00000162. The van der Waals surface area contributed by atoms with E-state index in [1.807, 2.05) is 0 Å². The first-order valence-corrected chi connectivity index (χ1v) is 7.01. The van der Waals surface area contributed by atoms with Crippen molar-refractivity contribution in [2.24, 2.45) is 10.9 Å². The third kappa shape index (κ3) is 7.41. The maximum atomic E-state index is 5.59. The first kappa shape index (κ1) is 16.0. The quantitative estimate of drug-likeness (QED) is 0.299. The summed E-state index contributed by atoms with van der Waals surface area (Å²) in [6.45, 7) is 5.63. The fraction of sp³-hybridized carbons (Fsp3) is 0.923. The molecular formula is C13H26IN3O. The van der Waals surface area contributed by atoms with Crippen molar-refractivity contribution < 1.29 is 4.74 Å². The molecule has 2 rings (SSSR count). The Morgan fingerprint density at radius 2 is 2.06 bits per heavy atom. The molecule has 2 fully saturated rings. The van der Waals surface area contributed by atoms with Crippen molar-refractivity contribution >= 4 is 29.9 Å². The van der Waals surface area contributed by atoms with Crippen LogP contribution in [0.15, 0.2) is 4.99 Å². The lowest BCUT2D eigenvalue weighted by atomic mass is 10.5. The Morgan fingerprint density at radius 1 is 1.28 bits per heavy atom. The second-order valence-electron chi connectivity index (χ2n) is 5.09. The van der Waals surface area contributed by atoms with Gasteiger partial charge in [0.15, 0.2) is 5.96 Å². The predicted molar refractivity (Wildman–Crippen MR) is 85.7 cm³/mol. The highest BCUT2D eigenvalue weighted by molar-refractivity contribution is 14.0. The molecule has 0 atom stereocenters. The molecule has 0 heterocycles. The van der Waals surface area contributed by atoms with Gasteiger partial charge in [-0.05, 0) is 38.0 Å². The number of aliphatic imine (C=N–C) groups is 1. The van der Waals surface area contributed by atoms with Crippen LogP contribution in [0.4, 0.5) is 0 Å². The van der Waals surface area contributed by atoms with Crippen LogP contribution in [0.5, 0.6) is 0 Å². The van der Waals surface area contributed by atoms with Crippen LogP contribution < -0.4 is 10.6 Å². The summed E-state index contributed by atoms with van der Waals surface area (Å²) in [5, 5.41) is 6.76. The molecule has 0 aromatic heterocycles. The Kier molecular flexibility index (Phi) is 7.97. The van der Waals surface area contributed by atoms with E-state index in [2.05, 4.69) is 22.5 Å². The molecule has 0 saturated heterocycles. The Hall–Kier alpha value is -0.0400. The van der Waals surface area contributed by atoms with Gasteiger partial charge in [-0.25, -0.2) is 0 Å². The van der Waals surface area contributed by atoms with Gasteiger partial charge in [0.05, 0.1) is 6.61 Å². The summed E-state index contributed by atoms with van der Waals surface area (Å²) in [7, 11) is 0. The molecule has 0 bridgehead atoms. The zero-order valence-electron chi connectivity index (χ0n) is 11.3. The van der Waals surface area contributed by atoms with Gasteiger partial charge in [-0.3, -0.25) is 4.99 Å². The fourth-order valence-corrected chi connectivity index (χ4v) is 1.57. The minimum Gasteiger partial charge on any atom is -0.379 e. The summed E-state index contributed by atoms with van der Waals surface area (Å²) in [6.07, 6.45) is 6.38. The Morgan fingerprint density at radius 3 is 2.67 bits per heavy atom. The highest BCUT2D eigenvalue weighted by atomic mass is 127. The molecule has 18 heavy (non-hydrogen) atoms. The Labute approximate surface area is 127 Å².